The van der Waals surface area contributed by atoms with E-state index in [1.54, 1.807) is 0 Å². The van der Waals surface area contributed by atoms with Crippen molar-refractivity contribution < 1.29 is 9.47 Å². The molecule has 1 heterocycles. The van der Waals surface area contributed by atoms with Crippen LogP contribution in [0, 0.1) is 13.8 Å². The number of benzene rings is 1. The van der Waals surface area contributed by atoms with Crippen molar-refractivity contribution in [2.45, 2.75) is 71.2 Å². The molecule has 1 N–H and O–H groups in total. The molecule has 3 rings (SSSR count). The van der Waals surface area contributed by atoms with Gasteiger partial charge in [-0.05, 0) is 63.1 Å². The Morgan fingerprint density at radius 1 is 1.14 bits per heavy atom. The van der Waals surface area contributed by atoms with Crippen LogP contribution in [0.25, 0.3) is 0 Å². The van der Waals surface area contributed by atoms with Crippen LogP contribution in [-0.4, -0.2) is 24.9 Å². The molecule has 116 valence electrons. The summed E-state index contributed by atoms with van der Waals surface area (Å²) in [6.07, 6.45) is 5.57. The normalized spacial score (nSPS) is 25.3. The van der Waals surface area contributed by atoms with Gasteiger partial charge < -0.3 is 14.8 Å². The summed E-state index contributed by atoms with van der Waals surface area (Å²) in [7, 11) is 0. The molecule has 1 saturated carbocycles. The molecular formula is C18H27NO2. The van der Waals surface area contributed by atoms with Gasteiger partial charge in [0, 0.05) is 12.6 Å². The lowest BCUT2D eigenvalue weighted by Crippen LogP contribution is -2.19. The third-order valence-corrected chi connectivity index (χ3v) is 4.43. The third kappa shape index (κ3) is 3.98. The molecule has 1 aromatic rings. The molecule has 0 spiro atoms. The van der Waals surface area contributed by atoms with Gasteiger partial charge in [0.15, 0.2) is 0 Å². The van der Waals surface area contributed by atoms with E-state index in [1.165, 1.54) is 29.5 Å². The second-order valence-corrected chi connectivity index (χ2v) is 6.67. The van der Waals surface area contributed by atoms with Crippen molar-refractivity contribution in [2.24, 2.45) is 0 Å². The number of ether oxygens (including phenoxy) is 2. The number of hydrogen-bond donors (Lipinski definition) is 1. The molecule has 2 atom stereocenters. The Labute approximate surface area is 128 Å². The van der Waals surface area contributed by atoms with Gasteiger partial charge in [-0.25, -0.2) is 0 Å². The van der Waals surface area contributed by atoms with Crippen molar-refractivity contribution in [3.63, 3.8) is 0 Å². The molecule has 0 radical (unpaired) electrons. The molecule has 1 saturated heterocycles. The highest BCUT2D eigenvalue weighted by atomic mass is 16.5. The molecule has 3 nitrogen and oxygen atoms in total. The minimum atomic E-state index is 0.259. The van der Waals surface area contributed by atoms with E-state index in [0.29, 0.717) is 12.7 Å². The van der Waals surface area contributed by atoms with E-state index in [2.05, 4.69) is 38.2 Å². The summed E-state index contributed by atoms with van der Waals surface area (Å²) in [4.78, 5) is 0. The van der Waals surface area contributed by atoms with Crippen LogP contribution in [0.5, 0.6) is 5.75 Å². The standard InChI is InChI=1S/C18H27NO2/c1-12-8-15(10-19-16-5-6-16)9-13(2)18(12)20-11-17-7-4-14(3)21-17/h8-9,14,16-17,19H,4-7,10-11H2,1-3H3. The highest BCUT2D eigenvalue weighted by molar-refractivity contribution is 5.43. The van der Waals surface area contributed by atoms with E-state index in [0.717, 1.165) is 31.2 Å². The predicted octanol–water partition coefficient (Wildman–Crippen LogP) is 3.50. The summed E-state index contributed by atoms with van der Waals surface area (Å²) < 4.78 is 11.9. The van der Waals surface area contributed by atoms with Crippen molar-refractivity contribution in [2.75, 3.05) is 6.61 Å². The lowest BCUT2D eigenvalue weighted by atomic mass is 10.1. The van der Waals surface area contributed by atoms with E-state index in [1.807, 2.05) is 0 Å². The van der Waals surface area contributed by atoms with E-state index < -0.39 is 0 Å². The van der Waals surface area contributed by atoms with Crippen molar-refractivity contribution in [1.29, 1.82) is 0 Å². The highest BCUT2D eigenvalue weighted by Crippen LogP contribution is 2.27. The first-order chi connectivity index (χ1) is 10.1. The molecule has 1 aliphatic carbocycles. The molecule has 0 aromatic heterocycles. The topological polar surface area (TPSA) is 30.5 Å². The molecule has 0 amide bonds. The zero-order chi connectivity index (χ0) is 14.8. The fraction of sp³-hybridized carbons (Fsp3) is 0.667. The van der Waals surface area contributed by atoms with Crippen LogP contribution in [0.2, 0.25) is 0 Å². The molecule has 2 unspecified atom stereocenters. The van der Waals surface area contributed by atoms with Crippen LogP contribution >= 0.6 is 0 Å². The van der Waals surface area contributed by atoms with Crippen LogP contribution in [0.4, 0.5) is 0 Å². The number of aryl methyl sites for hydroxylation is 2. The van der Waals surface area contributed by atoms with Crippen LogP contribution in [-0.2, 0) is 11.3 Å². The summed E-state index contributed by atoms with van der Waals surface area (Å²) >= 11 is 0. The van der Waals surface area contributed by atoms with Crippen LogP contribution < -0.4 is 10.1 Å². The summed E-state index contributed by atoms with van der Waals surface area (Å²) in [5.74, 6) is 1.04. The van der Waals surface area contributed by atoms with Crippen LogP contribution in [0.15, 0.2) is 12.1 Å². The van der Waals surface area contributed by atoms with Crippen molar-refractivity contribution >= 4 is 0 Å². The predicted molar refractivity (Wildman–Crippen MR) is 84.8 cm³/mol. The van der Waals surface area contributed by atoms with E-state index in [-0.39, 0.29) is 6.10 Å². The zero-order valence-corrected chi connectivity index (χ0v) is 13.4. The van der Waals surface area contributed by atoms with Crippen LogP contribution in [0.1, 0.15) is 49.3 Å². The highest BCUT2D eigenvalue weighted by Gasteiger charge is 2.23. The largest absolute Gasteiger partial charge is 0.490 e. The number of rotatable bonds is 6. The van der Waals surface area contributed by atoms with E-state index in [4.69, 9.17) is 9.47 Å². The summed E-state index contributed by atoms with van der Waals surface area (Å²) in [5, 5.41) is 3.57. The Morgan fingerprint density at radius 3 is 2.43 bits per heavy atom. The van der Waals surface area contributed by atoms with Gasteiger partial charge in [-0.1, -0.05) is 12.1 Å². The molecule has 3 heteroatoms. The van der Waals surface area contributed by atoms with E-state index >= 15 is 0 Å². The van der Waals surface area contributed by atoms with Gasteiger partial charge >= 0.3 is 0 Å². The second-order valence-electron chi connectivity index (χ2n) is 6.67. The SMILES string of the molecule is Cc1cc(CNC2CC2)cc(C)c1OCC1CCC(C)O1. The van der Waals surface area contributed by atoms with Gasteiger partial charge in [0.2, 0.25) is 0 Å². The molecule has 1 aromatic carbocycles. The van der Waals surface area contributed by atoms with Gasteiger partial charge in [-0.3, -0.25) is 0 Å². The minimum absolute atomic E-state index is 0.259. The average Bonchev–Trinajstić information content (AvgIpc) is 3.17. The fourth-order valence-corrected chi connectivity index (χ4v) is 3.10. The Morgan fingerprint density at radius 2 is 1.86 bits per heavy atom. The quantitative estimate of drug-likeness (QED) is 0.869. The average molecular weight is 289 g/mol. The molecule has 2 fully saturated rings. The Balaban J connectivity index is 1.58. The summed E-state index contributed by atoms with van der Waals surface area (Å²) in [5.41, 5.74) is 3.82. The summed E-state index contributed by atoms with van der Waals surface area (Å²) in [6, 6.07) is 5.24. The zero-order valence-electron chi connectivity index (χ0n) is 13.4. The van der Waals surface area contributed by atoms with Crippen molar-refractivity contribution in [3.05, 3.63) is 28.8 Å². The van der Waals surface area contributed by atoms with Gasteiger partial charge in [0.1, 0.15) is 12.4 Å². The minimum Gasteiger partial charge on any atom is -0.490 e. The third-order valence-electron chi connectivity index (χ3n) is 4.43. The lowest BCUT2D eigenvalue weighted by molar-refractivity contribution is 0.0262. The van der Waals surface area contributed by atoms with Crippen LogP contribution in [0.3, 0.4) is 0 Å². The number of nitrogens with one attached hydrogen (secondary N) is 1. The molecule has 2 aliphatic rings. The molecular weight excluding hydrogens is 262 g/mol. The lowest BCUT2D eigenvalue weighted by Gasteiger charge is -2.17. The Bertz CT molecular complexity index is 473. The van der Waals surface area contributed by atoms with Gasteiger partial charge in [-0.2, -0.15) is 0 Å². The van der Waals surface area contributed by atoms with Gasteiger partial charge in [-0.15, -0.1) is 0 Å². The maximum Gasteiger partial charge on any atom is 0.125 e. The Kier molecular flexibility index (Phi) is 4.51. The smallest absolute Gasteiger partial charge is 0.125 e. The second kappa shape index (κ2) is 6.37. The summed E-state index contributed by atoms with van der Waals surface area (Å²) in [6.45, 7) is 8.06. The first-order valence-electron chi connectivity index (χ1n) is 8.23. The van der Waals surface area contributed by atoms with Gasteiger partial charge in [0.25, 0.3) is 0 Å². The first kappa shape index (κ1) is 14.9. The number of hydrogen-bond acceptors (Lipinski definition) is 3. The monoisotopic (exact) mass is 289 g/mol. The molecule has 21 heavy (non-hydrogen) atoms. The fourth-order valence-electron chi connectivity index (χ4n) is 3.10. The maximum absolute atomic E-state index is 6.05. The molecule has 0 bridgehead atoms. The maximum atomic E-state index is 6.05. The van der Waals surface area contributed by atoms with Crippen molar-refractivity contribution in [3.8, 4) is 5.75 Å². The van der Waals surface area contributed by atoms with E-state index in [9.17, 15) is 0 Å². The Hall–Kier alpha value is -1.06. The molecule has 1 aliphatic heterocycles. The van der Waals surface area contributed by atoms with Gasteiger partial charge in [0.05, 0.1) is 12.2 Å². The van der Waals surface area contributed by atoms with Crippen molar-refractivity contribution in [1.82, 2.24) is 5.32 Å². The first-order valence-corrected chi connectivity index (χ1v) is 8.23.